The molecule has 1 aromatic rings. The van der Waals surface area contributed by atoms with Gasteiger partial charge in [-0.15, -0.1) is 0 Å². The number of nitrogens with zero attached hydrogens (tertiary/aromatic N) is 2. The van der Waals surface area contributed by atoms with Crippen LogP contribution in [0, 0.1) is 0 Å². The Morgan fingerprint density at radius 3 is 2.88 bits per heavy atom. The molecule has 1 rings (SSSR count). The molecule has 6 heteroatoms. The van der Waals surface area contributed by atoms with Crippen molar-refractivity contribution in [2.75, 3.05) is 12.3 Å². The summed E-state index contributed by atoms with van der Waals surface area (Å²) < 4.78 is 1.88. The van der Waals surface area contributed by atoms with E-state index in [0.717, 1.165) is 0 Å². The van der Waals surface area contributed by atoms with Crippen LogP contribution in [0.4, 0.5) is 0 Å². The van der Waals surface area contributed by atoms with E-state index in [1.54, 1.807) is 6.20 Å². The summed E-state index contributed by atoms with van der Waals surface area (Å²) in [6.45, 7) is 6.48. The Balaban J connectivity index is 2.78. The van der Waals surface area contributed by atoms with Crippen LogP contribution in [0.3, 0.4) is 0 Å². The molecule has 1 heterocycles. The number of thioether (sulfide) groups is 1. The molecule has 0 aliphatic heterocycles. The Hall–Kier alpha value is -1.30. The Morgan fingerprint density at radius 2 is 2.29 bits per heavy atom. The van der Waals surface area contributed by atoms with Crippen molar-refractivity contribution >= 4 is 17.7 Å². The minimum atomic E-state index is -0.278. The third-order valence-electron chi connectivity index (χ3n) is 2.07. The summed E-state index contributed by atoms with van der Waals surface area (Å²) in [7, 11) is 0. The fraction of sp³-hybridized carbons (Fsp3) is 0.545. The highest BCUT2D eigenvalue weighted by Gasteiger charge is 2.09. The van der Waals surface area contributed by atoms with Gasteiger partial charge in [0.25, 0.3) is 5.56 Å². The second-order valence-corrected chi connectivity index (χ2v) is 4.73. The molecular formula is C11H17N3O2S. The van der Waals surface area contributed by atoms with Gasteiger partial charge in [-0.3, -0.25) is 9.59 Å². The molecule has 0 unspecified atom stereocenters. The molecule has 0 aromatic carbocycles. The number of nitrogens with one attached hydrogen (secondary N) is 1. The predicted molar refractivity (Wildman–Crippen MR) is 68.3 cm³/mol. The van der Waals surface area contributed by atoms with Crippen LogP contribution in [-0.4, -0.2) is 27.8 Å². The highest BCUT2D eigenvalue weighted by molar-refractivity contribution is 7.99. The molecule has 0 aliphatic rings. The second-order valence-electron chi connectivity index (χ2n) is 3.79. The molecule has 1 aromatic heterocycles. The van der Waals surface area contributed by atoms with Crippen LogP contribution in [-0.2, 0) is 4.79 Å². The Bertz CT molecular complexity index is 443. The van der Waals surface area contributed by atoms with Crippen molar-refractivity contribution in [3.63, 3.8) is 0 Å². The maximum atomic E-state index is 11.3. The number of hydrogen-bond acceptors (Lipinski definition) is 4. The van der Waals surface area contributed by atoms with E-state index in [0.29, 0.717) is 11.7 Å². The molecule has 5 nitrogen and oxygen atoms in total. The first-order valence-electron chi connectivity index (χ1n) is 5.53. The lowest BCUT2D eigenvalue weighted by Gasteiger charge is -2.14. The Morgan fingerprint density at radius 1 is 1.59 bits per heavy atom. The Kier molecular flexibility index (Phi) is 5.21. The van der Waals surface area contributed by atoms with E-state index in [4.69, 9.17) is 0 Å². The minimum Gasteiger partial charge on any atom is -0.356 e. The number of aromatic nitrogens is 2. The highest BCUT2D eigenvalue weighted by Crippen LogP contribution is 2.17. The lowest BCUT2D eigenvalue weighted by atomic mass is 10.4. The van der Waals surface area contributed by atoms with Crippen LogP contribution in [0.15, 0.2) is 22.2 Å². The maximum absolute atomic E-state index is 11.3. The molecule has 1 amide bonds. The molecule has 0 bridgehead atoms. The van der Waals surface area contributed by atoms with Crippen LogP contribution in [0.2, 0.25) is 0 Å². The zero-order valence-electron chi connectivity index (χ0n) is 10.3. The second kappa shape index (κ2) is 6.44. The number of hydrogen-bond donors (Lipinski definition) is 1. The van der Waals surface area contributed by atoms with Gasteiger partial charge in [0.1, 0.15) is 0 Å². The molecule has 0 radical (unpaired) electrons. The quantitative estimate of drug-likeness (QED) is 0.631. The van der Waals surface area contributed by atoms with E-state index in [2.05, 4.69) is 10.3 Å². The topological polar surface area (TPSA) is 64.0 Å². The van der Waals surface area contributed by atoms with Gasteiger partial charge in [0.05, 0.1) is 5.75 Å². The predicted octanol–water partition coefficient (Wildman–Crippen LogP) is 1.05. The van der Waals surface area contributed by atoms with Gasteiger partial charge in [-0.2, -0.15) is 4.98 Å². The number of rotatable bonds is 5. The summed E-state index contributed by atoms with van der Waals surface area (Å²) in [5.41, 5.74) is -0.278. The Labute approximate surface area is 105 Å². The van der Waals surface area contributed by atoms with Gasteiger partial charge in [0.2, 0.25) is 5.91 Å². The fourth-order valence-electron chi connectivity index (χ4n) is 1.28. The molecule has 1 N–H and O–H groups in total. The van der Waals surface area contributed by atoms with Crippen molar-refractivity contribution < 1.29 is 4.79 Å². The molecule has 0 saturated carbocycles. The maximum Gasteiger partial charge on any atom is 0.273 e. The number of amides is 1. The molecule has 17 heavy (non-hydrogen) atoms. The average molecular weight is 255 g/mol. The van der Waals surface area contributed by atoms with Crippen molar-refractivity contribution in [1.29, 1.82) is 0 Å². The van der Waals surface area contributed by atoms with Crippen molar-refractivity contribution in [2.45, 2.75) is 32.0 Å². The average Bonchev–Trinajstić information content (AvgIpc) is 2.26. The van der Waals surface area contributed by atoms with Crippen LogP contribution in [0.1, 0.15) is 26.8 Å². The lowest BCUT2D eigenvalue weighted by molar-refractivity contribution is -0.118. The smallest absolute Gasteiger partial charge is 0.273 e. The summed E-state index contributed by atoms with van der Waals surface area (Å²) >= 11 is 1.28. The SMILES string of the molecule is CCNC(=O)CSc1nc(=O)ccn1C(C)C. The first-order chi connectivity index (χ1) is 8.04. The van der Waals surface area contributed by atoms with Crippen molar-refractivity contribution in [2.24, 2.45) is 0 Å². The summed E-state index contributed by atoms with van der Waals surface area (Å²) in [6, 6.07) is 1.63. The van der Waals surface area contributed by atoms with Gasteiger partial charge >= 0.3 is 0 Å². The van der Waals surface area contributed by atoms with Gasteiger partial charge in [-0.1, -0.05) is 11.8 Å². The first kappa shape index (κ1) is 13.8. The third kappa shape index (κ3) is 4.22. The number of carbonyl (C=O) groups is 1. The number of carbonyl (C=O) groups excluding carboxylic acids is 1. The normalized spacial score (nSPS) is 10.6. The first-order valence-corrected chi connectivity index (χ1v) is 6.51. The van der Waals surface area contributed by atoms with Gasteiger partial charge < -0.3 is 9.88 Å². The molecule has 0 aliphatic carbocycles. The monoisotopic (exact) mass is 255 g/mol. The van der Waals surface area contributed by atoms with E-state index >= 15 is 0 Å². The molecule has 0 saturated heterocycles. The van der Waals surface area contributed by atoms with Crippen LogP contribution in [0.25, 0.3) is 0 Å². The largest absolute Gasteiger partial charge is 0.356 e. The van der Waals surface area contributed by atoms with Crippen LogP contribution < -0.4 is 10.9 Å². The zero-order chi connectivity index (χ0) is 12.8. The third-order valence-corrected chi connectivity index (χ3v) is 3.03. The van der Waals surface area contributed by atoms with Crippen molar-refractivity contribution in [3.8, 4) is 0 Å². The van der Waals surface area contributed by atoms with Crippen molar-refractivity contribution in [1.82, 2.24) is 14.9 Å². The lowest BCUT2D eigenvalue weighted by Crippen LogP contribution is -2.25. The van der Waals surface area contributed by atoms with Crippen molar-refractivity contribution in [3.05, 3.63) is 22.6 Å². The van der Waals surface area contributed by atoms with Crippen LogP contribution in [0.5, 0.6) is 0 Å². The van der Waals surface area contributed by atoms with Crippen LogP contribution >= 0.6 is 11.8 Å². The van der Waals surface area contributed by atoms with Gasteiger partial charge in [-0.05, 0) is 20.8 Å². The standard InChI is InChI=1S/C11H17N3O2S/c1-4-12-10(16)7-17-11-13-9(15)5-6-14(11)8(2)3/h5-6,8H,4,7H2,1-3H3,(H,12,16). The fourth-order valence-corrected chi connectivity index (χ4v) is 2.21. The summed E-state index contributed by atoms with van der Waals surface area (Å²) in [6.07, 6.45) is 1.71. The van der Waals surface area contributed by atoms with Gasteiger partial charge in [0.15, 0.2) is 5.16 Å². The molecule has 0 fully saturated rings. The summed E-state index contributed by atoms with van der Waals surface area (Å²) in [5.74, 6) is 0.225. The van der Waals surface area contributed by atoms with E-state index < -0.39 is 0 Å². The molecule has 94 valence electrons. The van der Waals surface area contributed by atoms with E-state index in [1.165, 1.54) is 17.8 Å². The zero-order valence-corrected chi connectivity index (χ0v) is 11.1. The molecular weight excluding hydrogens is 238 g/mol. The highest BCUT2D eigenvalue weighted by atomic mass is 32.2. The van der Waals surface area contributed by atoms with E-state index in [-0.39, 0.29) is 23.3 Å². The van der Waals surface area contributed by atoms with Gasteiger partial charge in [-0.25, -0.2) is 0 Å². The van der Waals surface area contributed by atoms with E-state index in [1.807, 2.05) is 25.3 Å². The summed E-state index contributed by atoms with van der Waals surface area (Å²) in [5, 5.41) is 3.29. The molecule has 0 spiro atoms. The van der Waals surface area contributed by atoms with E-state index in [9.17, 15) is 9.59 Å². The molecule has 0 atom stereocenters. The summed E-state index contributed by atoms with van der Waals surface area (Å²) in [4.78, 5) is 26.4. The minimum absolute atomic E-state index is 0.0501. The van der Waals surface area contributed by atoms with Gasteiger partial charge in [0, 0.05) is 24.8 Å².